The van der Waals surface area contributed by atoms with Crippen LogP contribution in [-0.4, -0.2) is 18.3 Å². The summed E-state index contributed by atoms with van der Waals surface area (Å²) in [5.41, 5.74) is 5.73. The van der Waals surface area contributed by atoms with E-state index < -0.39 is 18.3 Å². The molecular formula is C12H15F3N2O2. The van der Waals surface area contributed by atoms with Gasteiger partial charge in [0.2, 0.25) is 5.91 Å². The molecule has 0 saturated heterocycles. The number of para-hydroxylation sites is 1. The Kier molecular flexibility index (Phi) is 5.17. The van der Waals surface area contributed by atoms with Gasteiger partial charge in [-0.25, -0.2) is 0 Å². The molecule has 0 bridgehead atoms. The first kappa shape index (κ1) is 15.3. The number of hydrogen-bond acceptors (Lipinski definition) is 3. The molecule has 0 spiro atoms. The summed E-state index contributed by atoms with van der Waals surface area (Å²) in [4.78, 5) is 11.4. The summed E-state index contributed by atoms with van der Waals surface area (Å²) in [6.45, 7) is 1.67. The van der Waals surface area contributed by atoms with Crippen LogP contribution in [0.3, 0.4) is 0 Å². The maximum absolute atomic E-state index is 12.2. The van der Waals surface area contributed by atoms with Crippen LogP contribution in [0.4, 0.5) is 13.2 Å². The van der Waals surface area contributed by atoms with Gasteiger partial charge in [-0.15, -0.1) is 13.2 Å². The second-order valence-electron chi connectivity index (χ2n) is 3.89. The Morgan fingerprint density at radius 3 is 2.63 bits per heavy atom. The summed E-state index contributed by atoms with van der Waals surface area (Å²) in [5.74, 6) is -0.746. The zero-order valence-electron chi connectivity index (χ0n) is 10.3. The highest BCUT2D eigenvalue weighted by atomic mass is 19.4. The van der Waals surface area contributed by atoms with E-state index in [4.69, 9.17) is 5.73 Å². The SMILES string of the molecule is CCC(N)C(=O)NCc1ccccc1OC(F)(F)F. The van der Waals surface area contributed by atoms with Crippen molar-refractivity contribution in [2.24, 2.45) is 5.73 Å². The Bertz CT molecular complexity index is 435. The molecule has 0 heterocycles. The summed E-state index contributed by atoms with van der Waals surface area (Å²) in [5, 5.41) is 2.46. The van der Waals surface area contributed by atoms with Crippen LogP contribution in [0.2, 0.25) is 0 Å². The minimum Gasteiger partial charge on any atom is -0.405 e. The fourth-order valence-electron chi connectivity index (χ4n) is 1.37. The lowest BCUT2D eigenvalue weighted by atomic mass is 10.2. The van der Waals surface area contributed by atoms with Crippen LogP contribution >= 0.6 is 0 Å². The van der Waals surface area contributed by atoms with Crippen LogP contribution in [0, 0.1) is 0 Å². The van der Waals surface area contributed by atoms with Crippen molar-refractivity contribution in [3.8, 4) is 5.75 Å². The molecule has 3 N–H and O–H groups in total. The molecule has 0 saturated carbocycles. The molecule has 1 rings (SSSR count). The van der Waals surface area contributed by atoms with Gasteiger partial charge < -0.3 is 15.8 Å². The Hall–Kier alpha value is -1.76. The van der Waals surface area contributed by atoms with E-state index in [1.807, 2.05) is 0 Å². The van der Waals surface area contributed by atoms with Gasteiger partial charge in [0.25, 0.3) is 0 Å². The van der Waals surface area contributed by atoms with E-state index in [-0.39, 0.29) is 17.9 Å². The molecule has 1 unspecified atom stereocenters. The summed E-state index contributed by atoms with van der Waals surface area (Å²) in [6, 6.07) is 4.94. The van der Waals surface area contributed by atoms with Gasteiger partial charge in [-0.05, 0) is 12.5 Å². The standard InChI is InChI=1S/C12H15F3N2O2/c1-2-9(16)11(18)17-7-8-5-3-4-6-10(8)19-12(13,14)15/h3-6,9H,2,7,16H2,1H3,(H,17,18). The molecule has 1 amide bonds. The Morgan fingerprint density at radius 2 is 2.05 bits per heavy atom. The predicted octanol–water partition coefficient (Wildman–Crippen LogP) is 1.94. The number of carbonyl (C=O) groups excluding carboxylic acids is 1. The second kappa shape index (κ2) is 6.42. The van der Waals surface area contributed by atoms with E-state index in [1.165, 1.54) is 18.2 Å². The maximum atomic E-state index is 12.2. The second-order valence-corrected chi connectivity index (χ2v) is 3.89. The lowest BCUT2D eigenvalue weighted by Crippen LogP contribution is -2.39. The lowest BCUT2D eigenvalue weighted by Gasteiger charge is -2.14. The highest BCUT2D eigenvalue weighted by Gasteiger charge is 2.32. The zero-order chi connectivity index (χ0) is 14.5. The first-order chi connectivity index (χ1) is 8.83. The molecule has 0 aliphatic rings. The van der Waals surface area contributed by atoms with Gasteiger partial charge in [0.1, 0.15) is 5.75 Å². The molecule has 1 aromatic rings. The fraction of sp³-hybridized carbons (Fsp3) is 0.417. The quantitative estimate of drug-likeness (QED) is 0.863. The molecule has 19 heavy (non-hydrogen) atoms. The van der Waals surface area contributed by atoms with E-state index in [2.05, 4.69) is 10.1 Å². The summed E-state index contributed by atoms with van der Waals surface area (Å²) in [6.07, 6.45) is -4.31. The monoisotopic (exact) mass is 276 g/mol. The highest BCUT2D eigenvalue weighted by molar-refractivity contribution is 5.81. The number of hydrogen-bond donors (Lipinski definition) is 2. The van der Waals surface area contributed by atoms with Crippen LogP contribution in [0.25, 0.3) is 0 Å². The van der Waals surface area contributed by atoms with E-state index >= 15 is 0 Å². The molecule has 4 nitrogen and oxygen atoms in total. The normalized spacial score (nSPS) is 12.9. The van der Waals surface area contributed by atoms with E-state index in [0.29, 0.717) is 6.42 Å². The summed E-state index contributed by atoms with van der Waals surface area (Å²) >= 11 is 0. The van der Waals surface area contributed by atoms with Crippen molar-refractivity contribution >= 4 is 5.91 Å². The topological polar surface area (TPSA) is 64.4 Å². The van der Waals surface area contributed by atoms with Crippen molar-refractivity contribution in [1.29, 1.82) is 0 Å². The number of ether oxygens (including phenoxy) is 1. The van der Waals surface area contributed by atoms with E-state index in [0.717, 1.165) is 0 Å². The first-order valence-corrected chi connectivity index (χ1v) is 5.70. The highest BCUT2D eigenvalue weighted by Crippen LogP contribution is 2.25. The van der Waals surface area contributed by atoms with Gasteiger partial charge in [0.15, 0.2) is 0 Å². The molecule has 7 heteroatoms. The van der Waals surface area contributed by atoms with Gasteiger partial charge in [0.05, 0.1) is 6.04 Å². The number of amides is 1. The van der Waals surface area contributed by atoms with Crippen LogP contribution in [0.15, 0.2) is 24.3 Å². The number of nitrogens with one attached hydrogen (secondary N) is 1. The number of alkyl halides is 3. The average molecular weight is 276 g/mol. The zero-order valence-corrected chi connectivity index (χ0v) is 10.3. The van der Waals surface area contributed by atoms with Crippen molar-refractivity contribution in [3.05, 3.63) is 29.8 Å². The van der Waals surface area contributed by atoms with Crippen LogP contribution < -0.4 is 15.8 Å². The Morgan fingerprint density at radius 1 is 1.42 bits per heavy atom. The third-order valence-electron chi connectivity index (χ3n) is 2.43. The molecule has 0 aromatic heterocycles. The minimum atomic E-state index is -4.76. The van der Waals surface area contributed by atoms with Crippen LogP contribution in [0.1, 0.15) is 18.9 Å². The Labute approximate surface area is 108 Å². The van der Waals surface area contributed by atoms with Gasteiger partial charge in [0, 0.05) is 12.1 Å². The molecule has 0 aliphatic heterocycles. The van der Waals surface area contributed by atoms with Crippen LogP contribution in [0.5, 0.6) is 5.75 Å². The van der Waals surface area contributed by atoms with Crippen molar-refractivity contribution in [3.63, 3.8) is 0 Å². The Balaban J connectivity index is 2.71. The summed E-state index contributed by atoms with van der Waals surface area (Å²) in [7, 11) is 0. The smallest absolute Gasteiger partial charge is 0.405 e. The number of benzene rings is 1. The van der Waals surface area contributed by atoms with Gasteiger partial charge >= 0.3 is 6.36 Å². The number of rotatable bonds is 5. The summed E-state index contributed by atoms with van der Waals surface area (Å²) < 4.78 is 40.4. The van der Waals surface area contributed by atoms with Crippen molar-refractivity contribution in [1.82, 2.24) is 5.32 Å². The van der Waals surface area contributed by atoms with E-state index in [1.54, 1.807) is 13.0 Å². The van der Waals surface area contributed by atoms with Crippen molar-refractivity contribution in [2.45, 2.75) is 32.3 Å². The predicted molar refractivity (Wildman–Crippen MR) is 63.2 cm³/mol. The third kappa shape index (κ3) is 5.17. The average Bonchev–Trinajstić information content (AvgIpc) is 2.34. The molecule has 1 atom stereocenters. The lowest BCUT2D eigenvalue weighted by molar-refractivity contribution is -0.274. The number of carbonyl (C=O) groups is 1. The largest absolute Gasteiger partial charge is 0.573 e. The molecule has 0 fully saturated rings. The molecule has 106 valence electrons. The van der Waals surface area contributed by atoms with Crippen molar-refractivity contribution in [2.75, 3.05) is 0 Å². The van der Waals surface area contributed by atoms with Gasteiger partial charge in [-0.3, -0.25) is 4.79 Å². The van der Waals surface area contributed by atoms with Gasteiger partial charge in [-0.2, -0.15) is 0 Å². The van der Waals surface area contributed by atoms with Crippen LogP contribution in [-0.2, 0) is 11.3 Å². The molecular weight excluding hydrogens is 261 g/mol. The molecule has 0 aliphatic carbocycles. The fourth-order valence-corrected chi connectivity index (χ4v) is 1.37. The maximum Gasteiger partial charge on any atom is 0.573 e. The first-order valence-electron chi connectivity index (χ1n) is 5.70. The molecule has 1 aromatic carbocycles. The van der Waals surface area contributed by atoms with Gasteiger partial charge in [-0.1, -0.05) is 25.1 Å². The van der Waals surface area contributed by atoms with Crippen molar-refractivity contribution < 1.29 is 22.7 Å². The number of nitrogens with two attached hydrogens (primary N) is 1. The minimum absolute atomic E-state index is 0.0706. The van der Waals surface area contributed by atoms with E-state index in [9.17, 15) is 18.0 Å². The third-order valence-corrected chi connectivity index (χ3v) is 2.43. The number of halogens is 3. The molecule has 0 radical (unpaired) electrons.